The van der Waals surface area contributed by atoms with Gasteiger partial charge in [-0.2, -0.15) is 10.2 Å². The lowest BCUT2D eigenvalue weighted by Gasteiger charge is -2.30. The zero-order valence-electron chi connectivity index (χ0n) is 13.4. The maximum absolute atomic E-state index is 4.72. The molecule has 22 heavy (non-hydrogen) atoms. The first-order chi connectivity index (χ1) is 10.7. The molecular weight excluding hydrogens is 276 g/mol. The van der Waals surface area contributed by atoms with Gasteiger partial charge in [0.25, 0.3) is 0 Å². The van der Waals surface area contributed by atoms with Crippen LogP contribution in [0.25, 0.3) is 0 Å². The number of aryl methyl sites for hydroxylation is 2. The molecule has 6 heteroatoms. The number of nitrogens with one attached hydrogen (secondary N) is 1. The van der Waals surface area contributed by atoms with E-state index in [9.17, 15) is 0 Å². The van der Waals surface area contributed by atoms with Gasteiger partial charge in [0.2, 0.25) is 0 Å². The van der Waals surface area contributed by atoms with Crippen LogP contribution in [0.1, 0.15) is 60.4 Å². The van der Waals surface area contributed by atoms with Crippen molar-refractivity contribution in [1.82, 2.24) is 29.9 Å². The normalized spacial score (nSPS) is 20.6. The van der Waals surface area contributed by atoms with Crippen LogP contribution in [0.2, 0.25) is 0 Å². The van der Waals surface area contributed by atoms with E-state index >= 15 is 0 Å². The predicted molar refractivity (Wildman–Crippen MR) is 83.6 cm³/mol. The highest BCUT2D eigenvalue weighted by Gasteiger charge is 2.30. The SMILES string of the molecule is Cc1nn(C)cc1CN1CCC(c2nc(C3CC3)n[nH]2)CC1. The van der Waals surface area contributed by atoms with E-state index in [1.807, 2.05) is 11.7 Å². The first-order valence-corrected chi connectivity index (χ1v) is 8.32. The van der Waals surface area contributed by atoms with E-state index in [2.05, 4.69) is 33.3 Å². The van der Waals surface area contributed by atoms with Crippen molar-refractivity contribution >= 4 is 0 Å². The molecule has 0 spiro atoms. The second-order valence-electron chi connectivity index (χ2n) is 6.82. The van der Waals surface area contributed by atoms with Gasteiger partial charge in [-0.25, -0.2) is 4.98 Å². The molecule has 1 saturated carbocycles. The van der Waals surface area contributed by atoms with Gasteiger partial charge in [-0.1, -0.05) is 0 Å². The Morgan fingerprint density at radius 1 is 1.18 bits per heavy atom. The van der Waals surface area contributed by atoms with Crippen LogP contribution in [0.15, 0.2) is 6.20 Å². The van der Waals surface area contributed by atoms with Crippen molar-refractivity contribution < 1.29 is 0 Å². The Labute approximate surface area is 130 Å². The molecule has 0 unspecified atom stereocenters. The number of hydrogen-bond donors (Lipinski definition) is 1. The molecular formula is C16H24N6. The average Bonchev–Trinajstić information content (AvgIpc) is 3.16. The Bertz CT molecular complexity index is 645. The minimum Gasteiger partial charge on any atom is -0.299 e. The molecule has 1 saturated heterocycles. The molecule has 0 radical (unpaired) electrons. The van der Waals surface area contributed by atoms with Crippen molar-refractivity contribution in [2.24, 2.45) is 7.05 Å². The number of rotatable bonds is 4. The van der Waals surface area contributed by atoms with Crippen molar-refractivity contribution in [3.63, 3.8) is 0 Å². The first-order valence-electron chi connectivity index (χ1n) is 8.32. The topological polar surface area (TPSA) is 62.6 Å². The summed E-state index contributed by atoms with van der Waals surface area (Å²) in [5.74, 6) is 3.34. The van der Waals surface area contributed by atoms with E-state index in [0.717, 1.165) is 37.0 Å². The van der Waals surface area contributed by atoms with Gasteiger partial charge in [0.05, 0.1) is 5.69 Å². The van der Waals surface area contributed by atoms with Crippen LogP contribution in [0.5, 0.6) is 0 Å². The van der Waals surface area contributed by atoms with E-state index in [1.165, 1.54) is 31.2 Å². The Kier molecular flexibility index (Phi) is 3.48. The fourth-order valence-electron chi connectivity index (χ4n) is 3.40. The van der Waals surface area contributed by atoms with Gasteiger partial charge < -0.3 is 0 Å². The van der Waals surface area contributed by atoms with Gasteiger partial charge in [0.1, 0.15) is 5.82 Å². The molecule has 1 N–H and O–H groups in total. The molecule has 2 aliphatic rings. The second-order valence-corrected chi connectivity index (χ2v) is 6.82. The molecule has 3 heterocycles. The maximum Gasteiger partial charge on any atom is 0.153 e. The lowest BCUT2D eigenvalue weighted by Crippen LogP contribution is -2.32. The number of hydrogen-bond acceptors (Lipinski definition) is 4. The third kappa shape index (κ3) is 2.79. The van der Waals surface area contributed by atoms with E-state index in [-0.39, 0.29) is 0 Å². The van der Waals surface area contributed by atoms with E-state index in [0.29, 0.717) is 11.8 Å². The van der Waals surface area contributed by atoms with Crippen LogP contribution in [0.4, 0.5) is 0 Å². The van der Waals surface area contributed by atoms with Crippen LogP contribution < -0.4 is 0 Å². The highest BCUT2D eigenvalue weighted by atomic mass is 15.3. The summed E-state index contributed by atoms with van der Waals surface area (Å²) in [7, 11) is 1.99. The minimum atomic E-state index is 0.547. The van der Waals surface area contributed by atoms with Gasteiger partial charge >= 0.3 is 0 Å². The third-order valence-electron chi connectivity index (χ3n) is 4.95. The molecule has 2 aromatic heterocycles. The van der Waals surface area contributed by atoms with E-state index in [1.54, 1.807) is 0 Å². The monoisotopic (exact) mass is 300 g/mol. The van der Waals surface area contributed by atoms with Gasteiger partial charge in [0, 0.05) is 37.2 Å². The molecule has 2 fully saturated rings. The third-order valence-corrected chi connectivity index (χ3v) is 4.95. The molecule has 118 valence electrons. The summed E-state index contributed by atoms with van der Waals surface area (Å²) < 4.78 is 1.91. The van der Waals surface area contributed by atoms with Gasteiger partial charge in [0.15, 0.2) is 5.82 Å². The predicted octanol–water partition coefficient (Wildman–Crippen LogP) is 2.10. The summed E-state index contributed by atoms with van der Waals surface area (Å²) >= 11 is 0. The fourth-order valence-corrected chi connectivity index (χ4v) is 3.40. The standard InChI is InChI=1S/C16H24N6/c1-11-14(9-21(2)20-11)10-22-7-5-13(6-8-22)16-17-15(18-19-16)12-3-4-12/h9,12-13H,3-8,10H2,1-2H3,(H,17,18,19). The van der Waals surface area contributed by atoms with Gasteiger partial charge in [-0.15, -0.1) is 0 Å². The van der Waals surface area contributed by atoms with Crippen LogP contribution in [0, 0.1) is 6.92 Å². The zero-order valence-corrected chi connectivity index (χ0v) is 13.4. The number of H-pyrrole nitrogens is 1. The summed E-state index contributed by atoms with van der Waals surface area (Å²) in [6.45, 7) is 5.35. The smallest absolute Gasteiger partial charge is 0.153 e. The van der Waals surface area contributed by atoms with Crippen molar-refractivity contribution in [1.29, 1.82) is 0 Å². The first kappa shape index (κ1) is 13.9. The molecule has 6 nitrogen and oxygen atoms in total. The number of aromatic nitrogens is 5. The van der Waals surface area contributed by atoms with Crippen LogP contribution in [-0.2, 0) is 13.6 Å². The molecule has 0 atom stereocenters. The summed E-state index contributed by atoms with van der Waals surface area (Å²) in [6, 6.07) is 0. The Balaban J connectivity index is 1.34. The Morgan fingerprint density at radius 2 is 1.95 bits per heavy atom. The quantitative estimate of drug-likeness (QED) is 0.939. The largest absolute Gasteiger partial charge is 0.299 e. The van der Waals surface area contributed by atoms with Crippen molar-refractivity contribution in [2.45, 2.75) is 51.0 Å². The molecule has 1 aliphatic heterocycles. The lowest BCUT2D eigenvalue weighted by atomic mass is 9.96. The van der Waals surface area contributed by atoms with Gasteiger partial charge in [-0.05, 0) is 45.7 Å². The van der Waals surface area contributed by atoms with Crippen molar-refractivity contribution in [3.8, 4) is 0 Å². The Morgan fingerprint density at radius 3 is 2.59 bits per heavy atom. The zero-order chi connectivity index (χ0) is 15.1. The number of aromatic amines is 1. The van der Waals surface area contributed by atoms with Crippen LogP contribution in [0.3, 0.4) is 0 Å². The molecule has 0 amide bonds. The lowest BCUT2D eigenvalue weighted by molar-refractivity contribution is 0.201. The number of likely N-dealkylation sites (tertiary alicyclic amines) is 1. The average molecular weight is 300 g/mol. The molecule has 0 bridgehead atoms. The van der Waals surface area contributed by atoms with Gasteiger partial charge in [-0.3, -0.25) is 14.7 Å². The highest BCUT2D eigenvalue weighted by Crippen LogP contribution is 2.38. The van der Waals surface area contributed by atoms with E-state index in [4.69, 9.17) is 4.98 Å². The fraction of sp³-hybridized carbons (Fsp3) is 0.688. The molecule has 1 aliphatic carbocycles. The number of piperidine rings is 1. The van der Waals surface area contributed by atoms with Crippen LogP contribution >= 0.6 is 0 Å². The highest BCUT2D eigenvalue weighted by molar-refractivity contribution is 5.15. The van der Waals surface area contributed by atoms with Crippen molar-refractivity contribution in [3.05, 3.63) is 29.1 Å². The minimum absolute atomic E-state index is 0.547. The second kappa shape index (κ2) is 5.50. The summed E-state index contributed by atoms with van der Waals surface area (Å²) in [5.41, 5.74) is 2.49. The van der Waals surface area contributed by atoms with E-state index < -0.39 is 0 Å². The maximum atomic E-state index is 4.72. The van der Waals surface area contributed by atoms with Crippen molar-refractivity contribution in [2.75, 3.05) is 13.1 Å². The summed E-state index contributed by atoms with van der Waals surface area (Å²) in [5, 5.41) is 12.0. The molecule has 4 rings (SSSR count). The van der Waals surface area contributed by atoms with Crippen LogP contribution in [-0.4, -0.2) is 43.0 Å². The molecule has 2 aromatic rings. The number of nitrogens with zero attached hydrogens (tertiary/aromatic N) is 5. The summed E-state index contributed by atoms with van der Waals surface area (Å²) in [6.07, 6.45) is 7.00. The Hall–Kier alpha value is -1.69. The molecule has 0 aromatic carbocycles. The summed E-state index contributed by atoms with van der Waals surface area (Å²) in [4.78, 5) is 7.25.